The third-order valence-electron chi connectivity index (χ3n) is 6.11. The van der Waals surface area contributed by atoms with Crippen LogP contribution in [-0.2, 0) is 5.60 Å². The van der Waals surface area contributed by atoms with Crippen LogP contribution in [0.15, 0.2) is 48.3 Å². The van der Waals surface area contributed by atoms with Crippen LogP contribution >= 0.6 is 11.3 Å². The summed E-state index contributed by atoms with van der Waals surface area (Å²) in [6.45, 7) is -1.56. The van der Waals surface area contributed by atoms with Gasteiger partial charge in [0.15, 0.2) is 11.5 Å². The van der Waals surface area contributed by atoms with Gasteiger partial charge in [0, 0.05) is 23.2 Å². The molecule has 0 bridgehead atoms. The van der Waals surface area contributed by atoms with Crippen molar-refractivity contribution in [1.82, 2.24) is 10.5 Å². The average Bonchev–Trinajstić information content (AvgIpc) is 3.30. The maximum absolute atomic E-state index is 13.4. The highest BCUT2D eigenvalue weighted by Gasteiger charge is 2.73. The SMILES string of the molecule is C/C=C(\C=C/NO)CC(c1ccc(OC(F)F)c(OC2CCC2)c1)c1cnc(C(O)(C(F)(F)F)C(F)(F)F)s1. The minimum Gasteiger partial charge on any atom is -0.487 e. The number of hydrogen-bond donors (Lipinski definition) is 3. The second-order valence-electron chi connectivity index (χ2n) is 8.61. The smallest absolute Gasteiger partial charge is 0.433 e. The Morgan fingerprint density at radius 3 is 2.33 bits per heavy atom. The molecule has 15 heteroatoms. The molecule has 6 nitrogen and oxygen atoms in total. The molecule has 1 fully saturated rings. The summed E-state index contributed by atoms with van der Waals surface area (Å²) in [6.07, 6.45) is -5.40. The molecular formula is C24H24F8N2O4S. The van der Waals surface area contributed by atoms with Crippen molar-refractivity contribution < 1.29 is 54.9 Å². The van der Waals surface area contributed by atoms with Gasteiger partial charge in [-0.15, -0.1) is 11.3 Å². The molecule has 0 aliphatic heterocycles. The molecule has 216 valence electrons. The summed E-state index contributed by atoms with van der Waals surface area (Å²) < 4.78 is 117. The van der Waals surface area contributed by atoms with Gasteiger partial charge in [-0.1, -0.05) is 12.1 Å². The summed E-state index contributed by atoms with van der Waals surface area (Å²) in [6, 6.07) is 3.84. The van der Waals surface area contributed by atoms with Crippen molar-refractivity contribution in [2.75, 3.05) is 0 Å². The second-order valence-corrected chi connectivity index (χ2v) is 9.67. The van der Waals surface area contributed by atoms with E-state index in [9.17, 15) is 40.2 Å². The number of nitrogens with zero attached hydrogens (tertiary/aromatic N) is 1. The Hall–Kier alpha value is -2.91. The number of ether oxygens (including phenoxy) is 2. The Balaban J connectivity index is 2.12. The predicted molar refractivity (Wildman–Crippen MR) is 124 cm³/mol. The quantitative estimate of drug-likeness (QED) is 0.150. The van der Waals surface area contributed by atoms with Gasteiger partial charge >= 0.3 is 24.6 Å². The number of benzene rings is 1. The van der Waals surface area contributed by atoms with E-state index in [4.69, 9.17) is 9.94 Å². The summed E-state index contributed by atoms with van der Waals surface area (Å²) in [4.78, 5) is 3.21. The average molecular weight is 589 g/mol. The lowest BCUT2D eigenvalue weighted by molar-refractivity contribution is -0.376. The molecule has 1 atom stereocenters. The van der Waals surface area contributed by atoms with Crippen molar-refractivity contribution in [2.45, 2.75) is 69.2 Å². The van der Waals surface area contributed by atoms with Crippen LogP contribution in [0.4, 0.5) is 35.1 Å². The van der Waals surface area contributed by atoms with Crippen molar-refractivity contribution in [3.63, 3.8) is 0 Å². The number of aromatic nitrogens is 1. The number of aliphatic hydroxyl groups is 1. The number of hydrogen-bond acceptors (Lipinski definition) is 7. The molecule has 0 spiro atoms. The predicted octanol–water partition coefficient (Wildman–Crippen LogP) is 6.95. The summed E-state index contributed by atoms with van der Waals surface area (Å²) in [5, 5.41) is 17.0. The Kier molecular flexibility index (Phi) is 9.49. The van der Waals surface area contributed by atoms with Crippen LogP contribution in [0.1, 0.15) is 54.0 Å². The van der Waals surface area contributed by atoms with Gasteiger partial charge in [-0.2, -0.15) is 35.1 Å². The van der Waals surface area contributed by atoms with Gasteiger partial charge in [0.05, 0.1) is 6.10 Å². The van der Waals surface area contributed by atoms with E-state index in [0.717, 1.165) is 18.8 Å². The maximum Gasteiger partial charge on any atom is 0.433 e. The van der Waals surface area contributed by atoms with E-state index in [-0.39, 0.29) is 45.8 Å². The minimum absolute atomic E-state index is 0.0136. The van der Waals surface area contributed by atoms with E-state index < -0.39 is 35.5 Å². The van der Waals surface area contributed by atoms with E-state index in [2.05, 4.69) is 9.72 Å². The molecule has 1 aliphatic rings. The Morgan fingerprint density at radius 2 is 1.82 bits per heavy atom. The highest BCUT2D eigenvalue weighted by molar-refractivity contribution is 7.11. The third-order valence-corrected chi connectivity index (χ3v) is 7.33. The standard InChI is InChI=1S/C24H24F8N2O4S/c1-2-13(8-9-34-36)10-16(19-12-33-20(39-19)22(35,23(27,28)29)24(30,31)32)14-6-7-17(38-21(25)26)18(11-14)37-15-4-3-5-15/h2,6-9,11-12,15-16,21,34-36H,3-5,10H2,1H3/b9-8-,13-2+. The van der Waals surface area contributed by atoms with Gasteiger partial charge in [0.2, 0.25) is 0 Å². The molecule has 39 heavy (non-hydrogen) atoms. The number of allylic oxidation sites excluding steroid dienone is 3. The first kappa shape index (κ1) is 30.6. The van der Waals surface area contributed by atoms with E-state index in [1.807, 2.05) is 0 Å². The topological polar surface area (TPSA) is 83.8 Å². The van der Waals surface area contributed by atoms with Crippen molar-refractivity contribution in [1.29, 1.82) is 0 Å². The molecule has 1 aliphatic carbocycles. The highest BCUT2D eigenvalue weighted by Crippen LogP contribution is 2.52. The monoisotopic (exact) mass is 588 g/mol. The van der Waals surface area contributed by atoms with Crippen molar-refractivity contribution in [3.8, 4) is 11.5 Å². The maximum atomic E-state index is 13.4. The van der Waals surface area contributed by atoms with E-state index in [0.29, 0.717) is 18.4 Å². The second kappa shape index (κ2) is 12.1. The minimum atomic E-state index is -6.11. The van der Waals surface area contributed by atoms with E-state index in [1.165, 1.54) is 24.3 Å². The first-order valence-corrected chi connectivity index (χ1v) is 12.3. The zero-order valence-electron chi connectivity index (χ0n) is 20.2. The fourth-order valence-electron chi connectivity index (χ4n) is 3.76. The number of rotatable bonds is 11. The molecule has 0 amide bonds. The van der Waals surface area contributed by atoms with Gasteiger partial charge in [-0.3, -0.25) is 10.7 Å². The number of halogens is 8. The normalized spacial score (nSPS) is 16.5. The molecule has 1 aromatic carbocycles. The van der Waals surface area contributed by atoms with Gasteiger partial charge in [-0.05, 0) is 62.0 Å². The van der Waals surface area contributed by atoms with Crippen LogP contribution in [0, 0.1) is 0 Å². The van der Waals surface area contributed by atoms with Crippen LogP contribution in [0.2, 0.25) is 0 Å². The largest absolute Gasteiger partial charge is 0.487 e. The molecule has 1 saturated carbocycles. The van der Waals surface area contributed by atoms with Crippen LogP contribution in [-0.4, -0.2) is 40.4 Å². The van der Waals surface area contributed by atoms with E-state index in [1.54, 1.807) is 18.5 Å². The summed E-state index contributed by atoms with van der Waals surface area (Å²) in [5.41, 5.74) is -2.63. The van der Waals surface area contributed by atoms with Gasteiger partial charge in [0.25, 0.3) is 0 Å². The number of nitrogens with one attached hydrogen (secondary N) is 1. The number of hydroxylamine groups is 1. The summed E-state index contributed by atoms with van der Waals surface area (Å²) >= 11 is 0.0136. The van der Waals surface area contributed by atoms with Crippen LogP contribution in [0.5, 0.6) is 11.5 Å². The molecular weight excluding hydrogens is 564 g/mol. The number of alkyl halides is 8. The first-order chi connectivity index (χ1) is 18.2. The lowest BCUT2D eigenvalue weighted by atomic mass is 9.90. The van der Waals surface area contributed by atoms with Gasteiger partial charge in [0.1, 0.15) is 5.01 Å². The third kappa shape index (κ3) is 6.81. The van der Waals surface area contributed by atoms with Crippen LogP contribution < -0.4 is 15.0 Å². The van der Waals surface area contributed by atoms with Crippen LogP contribution in [0.25, 0.3) is 0 Å². The van der Waals surface area contributed by atoms with E-state index >= 15 is 0 Å². The molecule has 3 N–H and O–H groups in total. The molecule has 0 radical (unpaired) electrons. The Bertz CT molecular complexity index is 1160. The molecule has 0 saturated heterocycles. The molecule has 1 unspecified atom stereocenters. The number of thiazole rings is 1. The molecule has 2 aromatic rings. The van der Waals surface area contributed by atoms with Crippen LogP contribution in [0.3, 0.4) is 0 Å². The fourth-order valence-corrected chi connectivity index (χ4v) is 4.93. The highest BCUT2D eigenvalue weighted by atomic mass is 32.1. The molecule has 1 aromatic heterocycles. The Labute approximate surface area is 221 Å². The van der Waals surface area contributed by atoms with Crippen molar-refractivity contribution in [3.05, 3.63) is 63.8 Å². The lowest BCUT2D eigenvalue weighted by Crippen LogP contribution is -2.53. The van der Waals surface area contributed by atoms with Crippen molar-refractivity contribution in [2.24, 2.45) is 0 Å². The lowest BCUT2D eigenvalue weighted by Gasteiger charge is -2.30. The molecule has 3 rings (SSSR count). The van der Waals surface area contributed by atoms with Crippen molar-refractivity contribution >= 4 is 11.3 Å². The van der Waals surface area contributed by atoms with Gasteiger partial charge in [-0.25, -0.2) is 4.98 Å². The zero-order chi connectivity index (χ0) is 29.0. The Morgan fingerprint density at radius 1 is 1.15 bits per heavy atom. The summed E-state index contributed by atoms with van der Waals surface area (Å²) in [5.74, 6) is -1.31. The van der Waals surface area contributed by atoms with Gasteiger partial charge < -0.3 is 14.6 Å². The first-order valence-electron chi connectivity index (χ1n) is 11.5. The summed E-state index contributed by atoms with van der Waals surface area (Å²) in [7, 11) is 0. The molecule has 1 heterocycles. The fraction of sp³-hybridized carbons (Fsp3) is 0.458. The zero-order valence-corrected chi connectivity index (χ0v) is 21.0.